The molecule has 0 saturated carbocycles. The molecule has 0 fully saturated rings. The van der Waals surface area contributed by atoms with Crippen LogP contribution in [0.3, 0.4) is 0 Å². The largest absolute Gasteiger partial charge is 1.00 e. The number of nitrogens with zero attached hydrogens (tertiary/aromatic N) is 1. The molecule has 0 heterocycles. The number of benzene rings is 3. The summed E-state index contributed by atoms with van der Waals surface area (Å²) in [6, 6.07) is 33.3. The van der Waals surface area contributed by atoms with E-state index in [1.807, 2.05) is 43.3 Å². The molecule has 3 heteroatoms. The molecule has 0 aliphatic heterocycles. The van der Waals surface area contributed by atoms with Crippen LogP contribution in [0, 0.1) is 11.8 Å². The van der Waals surface area contributed by atoms with Crippen LogP contribution in [0.2, 0.25) is 0 Å². The van der Waals surface area contributed by atoms with E-state index in [0.717, 1.165) is 22.2 Å². The van der Waals surface area contributed by atoms with Gasteiger partial charge in [-0.3, -0.25) is 0 Å². The fourth-order valence-corrected chi connectivity index (χ4v) is 2.42. The van der Waals surface area contributed by atoms with Crippen LogP contribution in [0.5, 0.6) is 0 Å². The minimum absolute atomic E-state index is 0. The van der Waals surface area contributed by atoms with Crippen molar-refractivity contribution in [3.05, 3.63) is 108 Å². The van der Waals surface area contributed by atoms with Crippen LogP contribution >= 0.6 is 11.6 Å². The van der Waals surface area contributed by atoms with E-state index in [4.69, 9.17) is 11.6 Å². The molecule has 0 amide bonds. The first kappa shape index (κ1) is 53.7. The van der Waals surface area contributed by atoms with Gasteiger partial charge in [0, 0.05) is 5.88 Å². The molecule has 3 rings (SSSR count). The predicted octanol–water partition coefficient (Wildman–Crippen LogP) is 11.2. The van der Waals surface area contributed by atoms with Crippen molar-refractivity contribution in [1.29, 1.82) is 0 Å². The molecule has 46 heavy (non-hydrogen) atoms. The number of alkyl halides is 1. The molecule has 2 atom stereocenters. The lowest BCUT2D eigenvalue weighted by molar-refractivity contribution is -0.868. The van der Waals surface area contributed by atoms with Crippen LogP contribution in [0.4, 0.5) is 0 Å². The van der Waals surface area contributed by atoms with E-state index >= 15 is 0 Å². The van der Waals surface area contributed by atoms with E-state index in [1.165, 1.54) is 43.4 Å². The molecule has 0 N–H and O–H groups in total. The van der Waals surface area contributed by atoms with Crippen molar-refractivity contribution in [1.82, 2.24) is 0 Å². The van der Waals surface area contributed by atoms with Crippen molar-refractivity contribution in [2.45, 2.75) is 121 Å². The van der Waals surface area contributed by atoms with Crippen LogP contribution in [0.1, 0.15) is 132 Å². The summed E-state index contributed by atoms with van der Waals surface area (Å²) in [6.07, 6.45) is 5.06. The summed E-state index contributed by atoms with van der Waals surface area (Å²) in [5, 5.41) is 0. The maximum absolute atomic E-state index is 5.00. The predicted molar refractivity (Wildman–Crippen MR) is 212 cm³/mol. The van der Waals surface area contributed by atoms with Gasteiger partial charge in [-0.2, -0.15) is 0 Å². The van der Waals surface area contributed by atoms with Gasteiger partial charge in [-0.15, -0.1) is 11.6 Å². The van der Waals surface area contributed by atoms with Crippen LogP contribution in [0.25, 0.3) is 0 Å². The van der Waals surface area contributed by atoms with Crippen LogP contribution in [-0.2, 0) is 0 Å². The molecule has 3 aromatic carbocycles. The van der Waals surface area contributed by atoms with Gasteiger partial charge in [0.2, 0.25) is 0 Å². The van der Waals surface area contributed by atoms with Crippen molar-refractivity contribution in [3.8, 4) is 0 Å². The van der Waals surface area contributed by atoms with E-state index in [1.54, 1.807) is 0 Å². The summed E-state index contributed by atoms with van der Waals surface area (Å²) in [6.45, 7) is 27.5. The third kappa shape index (κ3) is 46.6. The molecule has 0 aromatic heterocycles. The van der Waals surface area contributed by atoms with Gasteiger partial charge in [0.1, 0.15) is 0 Å². The molecule has 1 nitrogen and oxygen atoms in total. The lowest BCUT2D eigenvalue weighted by atomic mass is 9.99. The maximum Gasteiger partial charge on any atom is 0.0751 e. The number of rotatable bonds is 7. The molecule has 268 valence electrons. The molecule has 3 aromatic rings. The minimum atomic E-state index is 0. The van der Waals surface area contributed by atoms with E-state index in [-0.39, 0.29) is 12.4 Å². The molecule has 0 radical (unpaired) electrons. The summed E-state index contributed by atoms with van der Waals surface area (Å²) in [5.41, 5.74) is 2.90. The molecule has 0 bridgehead atoms. The van der Waals surface area contributed by atoms with E-state index in [2.05, 4.69) is 158 Å². The number of hydrogen-bond acceptors (Lipinski definition) is 0. The van der Waals surface area contributed by atoms with Crippen LogP contribution in [0.15, 0.2) is 97.1 Å². The van der Waals surface area contributed by atoms with Crippen molar-refractivity contribution < 1.29 is 16.9 Å². The third-order valence-corrected chi connectivity index (χ3v) is 7.21. The summed E-state index contributed by atoms with van der Waals surface area (Å²) >= 11 is 5.00. The zero-order valence-corrected chi connectivity index (χ0v) is 34.5. The van der Waals surface area contributed by atoms with Gasteiger partial charge in [0.05, 0.1) is 27.7 Å². The van der Waals surface area contributed by atoms with E-state index < -0.39 is 0 Å². The first-order valence-corrected chi connectivity index (χ1v) is 18.2. The summed E-state index contributed by atoms with van der Waals surface area (Å²) in [7, 11) is 6.54. The maximum atomic E-state index is 5.00. The topological polar surface area (TPSA) is 0 Å². The zero-order valence-electron chi connectivity index (χ0n) is 33.0. The molecule has 0 spiro atoms. The second kappa shape index (κ2) is 39.4. The summed E-state index contributed by atoms with van der Waals surface area (Å²) in [5.74, 6) is 3.91. The van der Waals surface area contributed by atoms with E-state index in [9.17, 15) is 0 Å². The summed E-state index contributed by atoms with van der Waals surface area (Å²) < 4.78 is 1.07. The molecule has 0 saturated heterocycles. The van der Waals surface area contributed by atoms with Gasteiger partial charge < -0.3 is 16.9 Å². The fourth-order valence-electron chi connectivity index (χ4n) is 2.42. The Morgan fingerprint density at radius 3 is 0.761 bits per heavy atom. The lowest BCUT2D eigenvalue weighted by Gasteiger charge is -2.20. The Labute approximate surface area is 301 Å². The van der Waals surface area contributed by atoms with Gasteiger partial charge in [-0.1, -0.05) is 186 Å². The second-order valence-corrected chi connectivity index (χ2v) is 13.6. The van der Waals surface area contributed by atoms with Gasteiger partial charge >= 0.3 is 0 Å². The lowest BCUT2D eigenvalue weighted by Crippen LogP contribution is -3.00. The first-order valence-electron chi connectivity index (χ1n) is 17.7. The van der Waals surface area contributed by atoms with Crippen molar-refractivity contribution in [3.63, 3.8) is 0 Å². The van der Waals surface area contributed by atoms with Crippen molar-refractivity contribution in [2.24, 2.45) is 11.8 Å². The quantitative estimate of drug-likeness (QED) is 0.172. The molecule has 0 aliphatic rings. The Balaban J connectivity index is -0.000000147. The SMILES string of the molecule is CCC(C)C.CCC(C)C.CCC(C)c1ccccc1.CCC(C)c1ccccc1.CCCl.CC[N+](C)(C)C.[Cl-].c1ccccc1. The average molecular weight is 679 g/mol. The van der Waals surface area contributed by atoms with Gasteiger partial charge in [-0.25, -0.2) is 0 Å². The zero-order chi connectivity index (χ0) is 35.5. The van der Waals surface area contributed by atoms with Crippen molar-refractivity contribution in [2.75, 3.05) is 33.6 Å². The van der Waals surface area contributed by atoms with Gasteiger partial charge in [-0.05, 0) is 54.6 Å². The van der Waals surface area contributed by atoms with Gasteiger partial charge in [0.25, 0.3) is 0 Å². The molecule has 2 unspecified atom stereocenters. The van der Waals surface area contributed by atoms with Gasteiger partial charge in [0.15, 0.2) is 0 Å². The average Bonchev–Trinajstić information content (AvgIpc) is 3.07. The summed E-state index contributed by atoms with van der Waals surface area (Å²) in [4.78, 5) is 0. The first-order chi connectivity index (χ1) is 21.2. The Morgan fingerprint density at radius 1 is 0.457 bits per heavy atom. The molecular weight excluding hydrogens is 601 g/mol. The standard InChI is InChI=1S/2C10H14.C6H6.C5H14N.2C5H12.C2H5Cl.ClH/c2*1-3-9(2)10-7-5-4-6-8-10;1-2-4-6-5-3-1;1-5-6(2,3)4;2*1-4-5(2)3;1-2-3;/h2*4-9H,3H2,1-2H3;1-6H;5H2,1-4H3;2*5H,4H2,1-3H3;2H2,1H3;1H/q;;;+1;;;;/p-1. The molecular formula is C43H77Cl2N. The normalized spacial score (nSPS) is 10.7. The molecule has 0 aliphatic carbocycles. The smallest absolute Gasteiger partial charge is 0.0751 e. The highest BCUT2D eigenvalue weighted by molar-refractivity contribution is 6.17. The Bertz CT molecular complexity index is 810. The number of hydrogen-bond donors (Lipinski definition) is 0. The highest BCUT2D eigenvalue weighted by Crippen LogP contribution is 2.17. The minimum Gasteiger partial charge on any atom is -1.00 e. The Hall–Kier alpha value is -1.80. The van der Waals surface area contributed by atoms with Crippen LogP contribution in [-0.4, -0.2) is 38.1 Å². The van der Waals surface area contributed by atoms with Crippen LogP contribution < -0.4 is 12.4 Å². The fraction of sp³-hybridized carbons (Fsp3) is 0.581. The number of quaternary nitrogens is 1. The highest BCUT2D eigenvalue weighted by atomic mass is 35.5. The Morgan fingerprint density at radius 2 is 0.630 bits per heavy atom. The third-order valence-electron chi connectivity index (χ3n) is 7.21. The Kier molecular flexibility index (Phi) is 46.0. The second-order valence-electron chi connectivity index (χ2n) is 13.1. The number of halogens is 2. The van der Waals surface area contributed by atoms with E-state index in [0.29, 0.717) is 11.8 Å². The van der Waals surface area contributed by atoms with Crippen molar-refractivity contribution >= 4 is 11.6 Å². The highest BCUT2D eigenvalue weighted by Gasteiger charge is 2.00. The monoisotopic (exact) mass is 678 g/mol.